The summed E-state index contributed by atoms with van der Waals surface area (Å²) < 4.78 is 20.2. The molecule has 0 aliphatic rings. The largest absolute Gasteiger partial charge is 0.382 e. The summed E-state index contributed by atoms with van der Waals surface area (Å²) in [5.41, 5.74) is 0. The zero-order valence-corrected chi connectivity index (χ0v) is 9.79. The molecule has 0 saturated heterocycles. The Morgan fingerprint density at radius 2 is 1.13 bits per heavy atom. The van der Waals surface area contributed by atoms with Crippen LogP contribution in [-0.4, -0.2) is 67.0 Å². The molecule has 0 aliphatic heterocycles. The molecule has 0 rings (SSSR count). The van der Waals surface area contributed by atoms with Crippen LogP contribution in [0.3, 0.4) is 0 Å². The minimum atomic E-state index is 0.653. The predicted octanol–water partition coefficient (Wildman–Crippen LogP) is -0.0980. The molecule has 0 saturated carbocycles. The number of rotatable bonds is 12. The van der Waals surface area contributed by atoms with Gasteiger partial charge in [-0.1, -0.05) is 0 Å². The summed E-state index contributed by atoms with van der Waals surface area (Å²) in [6.07, 6.45) is 0. The molecule has 0 atom stereocenters. The van der Waals surface area contributed by atoms with Crippen LogP contribution in [0.25, 0.3) is 0 Å². The van der Waals surface area contributed by atoms with Crippen LogP contribution in [0.15, 0.2) is 0 Å². The van der Waals surface area contributed by atoms with Gasteiger partial charge in [0.2, 0.25) is 0 Å². The van der Waals surface area contributed by atoms with E-state index in [2.05, 4.69) is 5.32 Å². The molecule has 0 heterocycles. The normalized spacial score (nSPS) is 10.8. The Kier molecular flexibility index (Phi) is 13.6. The minimum absolute atomic E-state index is 0.653. The molecule has 0 radical (unpaired) electrons. The van der Waals surface area contributed by atoms with Crippen molar-refractivity contribution in [3.8, 4) is 0 Å². The zero-order chi connectivity index (χ0) is 11.2. The fraction of sp³-hybridized carbons (Fsp3) is 1.00. The average molecular weight is 221 g/mol. The molecule has 5 nitrogen and oxygen atoms in total. The average Bonchev–Trinajstić information content (AvgIpc) is 2.26. The molecule has 15 heavy (non-hydrogen) atoms. The number of ether oxygens (including phenoxy) is 4. The van der Waals surface area contributed by atoms with Gasteiger partial charge in [-0.3, -0.25) is 0 Å². The summed E-state index contributed by atoms with van der Waals surface area (Å²) in [5, 5.41) is 3.21. The van der Waals surface area contributed by atoms with Crippen LogP contribution in [0.5, 0.6) is 0 Å². The molecule has 0 aromatic carbocycles. The van der Waals surface area contributed by atoms with E-state index in [1.165, 1.54) is 0 Å². The number of methoxy groups -OCH3 is 2. The van der Waals surface area contributed by atoms with Crippen LogP contribution in [0.2, 0.25) is 0 Å². The molecule has 0 unspecified atom stereocenters. The van der Waals surface area contributed by atoms with Crippen LogP contribution in [-0.2, 0) is 18.9 Å². The lowest BCUT2D eigenvalue weighted by Crippen LogP contribution is -2.25. The Bertz CT molecular complexity index is 102. The second-order valence-corrected chi connectivity index (χ2v) is 2.96. The van der Waals surface area contributed by atoms with Crippen molar-refractivity contribution >= 4 is 0 Å². The van der Waals surface area contributed by atoms with E-state index >= 15 is 0 Å². The van der Waals surface area contributed by atoms with Crippen LogP contribution in [0.4, 0.5) is 0 Å². The number of hydrogen-bond acceptors (Lipinski definition) is 5. The van der Waals surface area contributed by atoms with Crippen molar-refractivity contribution in [2.75, 3.05) is 67.0 Å². The highest BCUT2D eigenvalue weighted by molar-refractivity contribution is 4.45. The molecule has 5 heteroatoms. The van der Waals surface area contributed by atoms with Crippen molar-refractivity contribution in [2.24, 2.45) is 0 Å². The van der Waals surface area contributed by atoms with Crippen molar-refractivity contribution in [3.63, 3.8) is 0 Å². The van der Waals surface area contributed by atoms with E-state index in [1.807, 2.05) is 0 Å². The van der Waals surface area contributed by atoms with Gasteiger partial charge in [0.1, 0.15) is 0 Å². The topological polar surface area (TPSA) is 49.0 Å². The third-order valence-corrected chi connectivity index (χ3v) is 1.71. The molecule has 0 aromatic heterocycles. The molecule has 92 valence electrons. The molecule has 0 aliphatic carbocycles. The van der Waals surface area contributed by atoms with E-state index < -0.39 is 0 Å². The standard InChI is InChI=1S/C10H23NO4/c1-12-7-9-14-5-3-11-4-6-15-10-8-13-2/h11H,3-10H2,1-2H3. The molecule has 0 fully saturated rings. The van der Waals surface area contributed by atoms with Gasteiger partial charge in [-0.2, -0.15) is 0 Å². The first-order chi connectivity index (χ1) is 7.41. The van der Waals surface area contributed by atoms with E-state index in [0.29, 0.717) is 39.6 Å². The minimum Gasteiger partial charge on any atom is -0.382 e. The first-order valence-electron chi connectivity index (χ1n) is 5.26. The smallest absolute Gasteiger partial charge is 0.0700 e. The van der Waals surface area contributed by atoms with Gasteiger partial charge in [-0.05, 0) is 0 Å². The SMILES string of the molecule is COCCOCCNCCOCCOC. The van der Waals surface area contributed by atoms with E-state index in [4.69, 9.17) is 18.9 Å². The van der Waals surface area contributed by atoms with E-state index in [1.54, 1.807) is 14.2 Å². The van der Waals surface area contributed by atoms with Crippen LogP contribution in [0.1, 0.15) is 0 Å². The van der Waals surface area contributed by atoms with Crippen molar-refractivity contribution in [1.82, 2.24) is 5.32 Å². The van der Waals surface area contributed by atoms with Crippen molar-refractivity contribution in [3.05, 3.63) is 0 Å². The maximum absolute atomic E-state index is 5.27. The van der Waals surface area contributed by atoms with E-state index in [-0.39, 0.29) is 0 Å². The van der Waals surface area contributed by atoms with Gasteiger partial charge in [0, 0.05) is 27.3 Å². The predicted molar refractivity (Wildman–Crippen MR) is 58.3 cm³/mol. The van der Waals surface area contributed by atoms with Gasteiger partial charge in [0.15, 0.2) is 0 Å². The maximum Gasteiger partial charge on any atom is 0.0700 e. The Hall–Kier alpha value is -0.200. The summed E-state index contributed by atoms with van der Waals surface area (Å²) in [4.78, 5) is 0. The quantitative estimate of drug-likeness (QED) is 0.466. The van der Waals surface area contributed by atoms with Gasteiger partial charge in [0.25, 0.3) is 0 Å². The highest BCUT2D eigenvalue weighted by atomic mass is 16.5. The fourth-order valence-corrected chi connectivity index (χ4v) is 0.902. The molecule has 0 amide bonds. The Morgan fingerprint density at radius 1 is 0.667 bits per heavy atom. The Labute approximate surface area is 92.0 Å². The second-order valence-electron chi connectivity index (χ2n) is 2.96. The second kappa shape index (κ2) is 13.8. The lowest BCUT2D eigenvalue weighted by molar-refractivity contribution is 0.0639. The molecule has 0 spiro atoms. The molecular weight excluding hydrogens is 198 g/mol. The summed E-state index contributed by atoms with van der Waals surface area (Å²) in [5.74, 6) is 0. The third kappa shape index (κ3) is 13.8. The van der Waals surface area contributed by atoms with Gasteiger partial charge in [0.05, 0.1) is 39.6 Å². The lowest BCUT2D eigenvalue weighted by atomic mass is 10.6. The summed E-state index contributed by atoms with van der Waals surface area (Å²) in [6.45, 7) is 5.73. The third-order valence-electron chi connectivity index (χ3n) is 1.71. The molecule has 0 bridgehead atoms. The highest BCUT2D eigenvalue weighted by Gasteiger charge is 1.90. The highest BCUT2D eigenvalue weighted by Crippen LogP contribution is 1.76. The van der Waals surface area contributed by atoms with Crippen molar-refractivity contribution < 1.29 is 18.9 Å². The molecule has 0 aromatic rings. The van der Waals surface area contributed by atoms with Crippen LogP contribution in [0, 0.1) is 0 Å². The fourth-order valence-electron chi connectivity index (χ4n) is 0.902. The van der Waals surface area contributed by atoms with Gasteiger partial charge >= 0.3 is 0 Å². The van der Waals surface area contributed by atoms with Gasteiger partial charge < -0.3 is 24.3 Å². The van der Waals surface area contributed by atoms with Crippen LogP contribution < -0.4 is 5.32 Å². The van der Waals surface area contributed by atoms with Gasteiger partial charge in [-0.15, -0.1) is 0 Å². The van der Waals surface area contributed by atoms with Crippen molar-refractivity contribution in [2.45, 2.75) is 0 Å². The Balaban J connectivity index is 2.81. The first-order valence-corrected chi connectivity index (χ1v) is 5.26. The van der Waals surface area contributed by atoms with Crippen LogP contribution >= 0.6 is 0 Å². The summed E-state index contributed by atoms with van der Waals surface area (Å²) >= 11 is 0. The number of nitrogens with one attached hydrogen (secondary N) is 1. The van der Waals surface area contributed by atoms with E-state index in [9.17, 15) is 0 Å². The Morgan fingerprint density at radius 3 is 1.53 bits per heavy atom. The van der Waals surface area contributed by atoms with Gasteiger partial charge in [-0.25, -0.2) is 0 Å². The summed E-state index contributed by atoms with van der Waals surface area (Å²) in [6, 6.07) is 0. The van der Waals surface area contributed by atoms with Crippen molar-refractivity contribution in [1.29, 1.82) is 0 Å². The molecular formula is C10H23NO4. The van der Waals surface area contributed by atoms with E-state index in [0.717, 1.165) is 13.1 Å². The summed E-state index contributed by atoms with van der Waals surface area (Å²) in [7, 11) is 3.33. The zero-order valence-electron chi connectivity index (χ0n) is 9.79. The first kappa shape index (κ1) is 14.8. The number of hydrogen-bond donors (Lipinski definition) is 1. The maximum atomic E-state index is 5.27. The lowest BCUT2D eigenvalue weighted by Gasteiger charge is -2.06. The monoisotopic (exact) mass is 221 g/mol. The molecule has 1 N–H and O–H groups in total.